The van der Waals surface area contributed by atoms with Gasteiger partial charge >= 0.3 is 0 Å². The number of benzene rings is 2. The van der Waals surface area contributed by atoms with Crippen molar-refractivity contribution in [3.05, 3.63) is 59.7 Å². The quantitative estimate of drug-likeness (QED) is 0.828. The van der Waals surface area contributed by atoms with Crippen LogP contribution in [0.5, 0.6) is 5.75 Å². The van der Waals surface area contributed by atoms with Gasteiger partial charge in [0.05, 0.1) is 7.11 Å². The number of halogens is 2. The molecule has 3 nitrogen and oxygen atoms in total. The van der Waals surface area contributed by atoms with E-state index in [1.54, 1.807) is 31.4 Å². The van der Waals surface area contributed by atoms with Gasteiger partial charge in [-0.2, -0.15) is 0 Å². The Hall–Kier alpha value is -1.71. The number of nitrogens with one attached hydrogen (secondary N) is 1. The number of para-hydroxylation sites is 1. The molecule has 1 aliphatic rings. The molecule has 2 aromatic carbocycles. The Morgan fingerprint density at radius 3 is 2.64 bits per heavy atom. The van der Waals surface area contributed by atoms with Crippen molar-refractivity contribution in [2.24, 2.45) is 0 Å². The minimum Gasteiger partial charge on any atom is -0.497 e. The molecule has 5 heteroatoms. The molecule has 3 rings (SSSR count). The van der Waals surface area contributed by atoms with Crippen molar-refractivity contribution in [1.29, 1.82) is 0 Å². The number of methoxy groups -OCH3 is 1. The van der Waals surface area contributed by atoms with Crippen molar-refractivity contribution in [2.75, 3.05) is 12.4 Å². The monoisotopic (exact) mass is 335 g/mol. The molecule has 0 spiro atoms. The average Bonchev–Trinajstić information content (AvgIpc) is 3.16. The number of ether oxygens (including phenoxy) is 1. The molecule has 0 aromatic heterocycles. The van der Waals surface area contributed by atoms with E-state index in [1.807, 2.05) is 24.3 Å². The lowest BCUT2D eigenvalue weighted by molar-refractivity contribution is 0.102. The van der Waals surface area contributed by atoms with Gasteiger partial charge in [-0.25, -0.2) is 0 Å². The molecule has 1 aliphatic carbocycles. The van der Waals surface area contributed by atoms with E-state index in [-0.39, 0.29) is 11.8 Å². The van der Waals surface area contributed by atoms with Crippen LogP contribution in [0.25, 0.3) is 0 Å². The van der Waals surface area contributed by atoms with Crippen molar-refractivity contribution in [3.63, 3.8) is 0 Å². The molecule has 1 saturated carbocycles. The summed E-state index contributed by atoms with van der Waals surface area (Å²) in [7, 11) is 1.57. The third-order valence-electron chi connectivity index (χ3n) is 3.74. The van der Waals surface area contributed by atoms with Crippen LogP contribution in [0.4, 0.5) is 5.69 Å². The zero-order chi connectivity index (χ0) is 15.7. The van der Waals surface area contributed by atoms with Crippen molar-refractivity contribution in [3.8, 4) is 5.75 Å². The Morgan fingerprint density at radius 1 is 1.23 bits per heavy atom. The van der Waals surface area contributed by atoms with Gasteiger partial charge in [0, 0.05) is 17.2 Å². The SMILES string of the molecule is COc1cccc(C(=O)Nc2ccccc2[C@H]2CC2(Cl)Cl)c1. The predicted octanol–water partition coefficient (Wildman–Crippen LogP) is 4.61. The number of rotatable bonds is 4. The van der Waals surface area contributed by atoms with E-state index in [2.05, 4.69) is 5.32 Å². The summed E-state index contributed by atoms with van der Waals surface area (Å²) in [5, 5.41) is 2.93. The second kappa shape index (κ2) is 5.82. The first-order valence-corrected chi connectivity index (χ1v) is 7.69. The number of carbonyl (C=O) groups excluding carboxylic acids is 1. The fourth-order valence-corrected chi connectivity index (χ4v) is 2.97. The highest BCUT2D eigenvalue weighted by atomic mass is 35.5. The molecule has 0 heterocycles. The van der Waals surface area contributed by atoms with Gasteiger partial charge in [0.15, 0.2) is 0 Å². The molecular weight excluding hydrogens is 321 g/mol. The number of hydrogen-bond acceptors (Lipinski definition) is 2. The third-order valence-corrected chi connectivity index (χ3v) is 4.58. The van der Waals surface area contributed by atoms with Crippen LogP contribution < -0.4 is 10.1 Å². The maximum atomic E-state index is 12.4. The maximum absolute atomic E-state index is 12.4. The molecule has 1 fully saturated rings. The van der Waals surface area contributed by atoms with Crippen LogP contribution in [0.3, 0.4) is 0 Å². The highest BCUT2D eigenvalue weighted by Gasteiger charge is 2.53. The smallest absolute Gasteiger partial charge is 0.255 e. The van der Waals surface area contributed by atoms with E-state index in [1.165, 1.54) is 0 Å². The number of alkyl halides is 2. The van der Waals surface area contributed by atoms with E-state index in [0.717, 1.165) is 11.3 Å². The zero-order valence-corrected chi connectivity index (χ0v) is 13.5. The molecule has 114 valence electrons. The molecule has 1 amide bonds. The average molecular weight is 336 g/mol. The van der Waals surface area contributed by atoms with Crippen LogP contribution in [0.1, 0.15) is 28.3 Å². The Balaban J connectivity index is 1.83. The van der Waals surface area contributed by atoms with Gasteiger partial charge in [0.25, 0.3) is 5.91 Å². The third kappa shape index (κ3) is 3.06. The summed E-state index contributed by atoms with van der Waals surface area (Å²) in [6.07, 6.45) is 0.697. The molecule has 0 radical (unpaired) electrons. The maximum Gasteiger partial charge on any atom is 0.255 e. The first-order valence-electron chi connectivity index (χ1n) is 6.93. The number of carbonyl (C=O) groups is 1. The standard InChI is InChI=1S/C17H15Cl2NO2/c1-22-12-6-4-5-11(9-12)16(21)20-15-8-3-2-7-13(15)14-10-17(14,18)19/h2-9,14H,10H2,1H3,(H,20,21)/t14-/m1/s1. The molecule has 0 unspecified atom stereocenters. The van der Waals surface area contributed by atoms with Crippen molar-refractivity contribution >= 4 is 34.8 Å². The Bertz CT molecular complexity index is 715. The molecule has 22 heavy (non-hydrogen) atoms. The van der Waals surface area contributed by atoms with Gasteiger partial charge in [-0.3, -0.25) is 4.79 Å². The van der Waals surface area contributed by atoms with E-state index >= 15 is 0 Å². The summed E-state index contributed by atoms with van der Waals surface area (Å²) in [5.41, 5.74) is 2.24. The highest BCUT2D eigenvalue weighted by molar-refractivity contribution is 6.51. The first kappa shape index (κ1) is 15.2. The van der Waals surface area contributed by atoms with E-state index in [9.17, 15) is 4.79 Å². The number of hydrogen-bond donors (Lipinski definition) is 1. The minimum absolute atomic E-state index is 0.0534. The lowest BCUT2D eigenvalue weighted by Crippen LogP contribution is -2.13. The van der Waals surface area contributed by atoms with Gasteiger partial charge in [0.1, 0.15) is 10.1 Å². The van der Waals surface area contributed by atoms with Crippen molar-refractivity contribution in [2.45, 2.75) is 16.7 Å². The lowest BCUT2D eigenvalue weighted by Gasteiger charge is -2.12. The number of amides is 1. The van der Waals surface area contributed by atoms with E-state index < -0.39 is 4.33 Å². The van der Waals surface area contributed by atoms with Gasteiger partial charge in [-0.1, -0.05) is 24.3 Å². The second-order valence-electron chi connectivity index (χ2n) is 5.29. The van der Waals surface area contributed by atoms with Crippen LogP contribution in [-0.4, -0.2) is 17.4 Å². The van der Waals surface area contributed by atoms with Crippen molar-refractivity contribution < 1.29 is 9.53 Å². The van der Waals surface area contributed by atoms with Crippen LogP contribution >= 0.6 is 23.2 Å². The summed E-state index contributed by atoms with van der Waals surface area (Å²) in [6.45, 7) is 0. The van der Waals surface area contributed by atoms with Crippen LogP contribution in [-0.2, 0) is 0 Å². The Labute approximate surface area is 139 Å². The van der Waals surface area contributed by atoms with Crippen LogP contribution in [0, 0.1) is 0 Å². The molecular formula is C17H15Cl2NO2. The molecule has 1 atom stereocenters. The summed E-state index contributed by atoms with van der Waals surface area (Å²) >= 11 is 12.3. The van der Waals surface area contributed by atoms with Gasteiger partial charge in [-0.05, 0) is 36.2 Å². The topological polar surface area (TPSA) is 38.3 Å². The van der Waals surface area contributed by atoms with Gasteiger partial charge in [-0.15, -0.1) is 23.2 Å². The lowest BCUT2D eigenvalue weighted by atomic mass is 10.1. The number of anilines is 1. The van der Waals surface area contributed by atoms with Crippen LogP contribution in [0.15, 0.2) is 48.5 Å². The summed E-state index contributed by atoms with van der Waals surface area (Å²) < 4.78 is 4.41. The van der Waals surface area contributed by atoms with Crippen molar-refractivity contribution in [1.82, 2.24) is 0 Å². The molecule has 0 saturated heterocycles. The molecule has 1 N–H and O–H groups in total. The second-order valence-corrected chi connectivity index (χ2v) is 6.83. The predicted molar refractivity (Wildman–Crippen MR) is 89.2 cm³/mol. The van der Waals surface area contributed by atoms with E-state index in [0.29, 0.717) is 17.7 Å². The fraction of sp³-hybridized carbons (Fsp3) is 0.235. The largest absolute Gasteiger partial charge is 0.497 e. The van der Waals surface area contributed by atoms with Crippen LogP contribution in [0.2, 0.25) is 0 Å². The normalized spacial score (nSPS) is 18.6. The van der Waals surface area contributed by atoms with Gasteiger partial charge in [0.2, 0.25) is 0 Å². The minimum atomic E-state index is -0.725. The summed E-state index contributed by atoms with van der Waals surface area (Å²) in [6, 6.07) is 14.6. The highest BCUT2D eigenvalue weighted by Crippen LogP contribution is 2.60. The summed E-state index contributed by atoms with van der Waals surface area (Å²) in [5.74, 6) is 0.503. The van der Waals surface area contributed by atoms with E-state index in [4.69, 9.17) is 27.9 Å². The fourth-order valence-electron chi connectivity index (χ4n) is 2.42. The first-order chi connectivity index (χ1) is 10.5. The molecule has 2 aromatic rings. The summed E-state index contributed by atoms with van der Waals surface area (Å²) in [4.78, 5) is 12.4. The Kier molecular flexibility index (Phi) is 4.02. The zero-order valence-electron chi connectivity index (χ0n) is 12.0. The molecule has 0 bridgehead atoms. The molecule has 0 aliphatic heterocycles. The Morgan fingerprint density at radius 2 is 1.95 bits per heavy atom. The van der Waals surface area contributed by atoms with Gasteiger partial charge < -0.3 is 10.1 Å².